The van der Waals surface area contributed by atoms with Gasteiger partial charge in [0.15, 0.2) is 0 Å². The van der Waals surface area contributed by atoms with Crippen LogP contribution in [0.5, 0.6) is 0 Å². The van der Waals surface area contributed by atoms with E-state index in [1.807, 2.05) is 102 Å². The van der Waals surface area contributed by atoms with Crippen molar-refractivity contribution in [3.63, 3.8) is 0 Å². The highest BCUT2D eigenvalue weighted by Gasteiger charge is 2.38. The van der Waals surface area contributed by atoms with E-state index in [9.17, 15) is 24.0 Å². The zero-order chi connectivity index (χ0) is 34.0. The largest absolute Gasteiger partial charge is 0.343 e. The Morgan fingerprint density at radius 3 is 1.46 bits per heavy atom. The number of nitrogens with zero attached hydrogens (tertiary/aromatic N) is 1. The van der Waals surface area contributed by atoms with Gasteiger partial charge in [0.25, 0.3) is 0 Å². The number of hydrogen-bond donors (Lipinski definition) is 4. The second-order valence-corrected chi connectivity index (χ2v) is 13.5. The molecule has 5 amide bonds. The summed E-state index contributed by atoms with van der Waals surface area (Å²) in [5.74, 6) is -2.67. The van der Waals surface area contributed by atoms with Crippen LogP contribution in [-0.4, -0.2) is 71.7 Å². The van der Waals surface area contributed by atoms with Crippen molar-refractivity contribution >= 4 is 29.5 Å². The monoisotopic (exact) mass is 633 g/mol. The van der Waals surface area contributed by atoms with Crippen molar-refractivity contribution in [1.82, 2.24) is 26.2 Å². The minimum atomic E-state index is -1.02. The standard InChI is InChI=1S/C36H51N5O5/c1-22(2)18-27-33(43)39-29(20-25-14-10-8-11-15-25)36(46)41(7)30(21-26-16-12-9-13-17-26)34(44)40-31(24(5)6)35(45)38-28(19-23(3)4)32(42)37-27/h8-17,22-24,27-31H,18-21H2,1-7H3,(H,37,42)(H,38,45)(H,39,43)(H,40,44)/t27-,28-,29-,30+,31-/m0/s1. The lowest BCUT2D eigenvalue weighted by Gasteiger charge is -2.33. The molecule has 2 aromatic rings. The third kappa shape index (κ3) is 10.4. The molecule has 0 aromatic heterocycles. The Hall–Kier alpha value is -4.21. The van der Waals surface area contributed by atoms with E-state index in [1.54, 1.807) is 7.05 Å². The molecule has 3 rings (SSSR count). The Balaban J connectivity index is 2.13. The molecule has 1 heterocycles. The molecule has 0 spiro atoms. The second kappa shape index (κ2) is 16.9. The summed E-state index contributed by atoms with van der Waals surface area (Å²) in [6.45, 7) is 11.4. The summed E-state index contributed by atoms with van der Waals surface area (Å²) in [4.78, 5) is 71.0. The van der Waals surface area contributed by atoms with Gasteiger partial charge in [0.1, 0.15) is 30.2 Å². The predicted molar refractivity (Wildman–Crippen MR) is 178 cm³/mol. The highest BCUT2D eigenvalue weighted by Crippen LogP contribution is 2.16. The first kappa shape index (κ1) is 36.3. The van der Waals surface area contributed by atoms with Gasteiger partial charge in [-0.2, -0.15) is 0 Å². The average molecular weight is 634 g/mol. The third-order valence-corrected chi connectivity index (χ3v) is 8.21. The molecule has 10 nitrogen and oxygen atoms in total. The van der Waals surface area contributed by atoms with Crippen LogP contribution >= 0.6 is 0 Å². The molecule has 46 heavy (non-hydrogen) atoms. The Kier molecular flexibility index (Phi) is 13.3. The molecule has 1 aliphatic heterocycles. The van der Waals surface area contributed by atoms with Crippen molar-refractivity contribution in [3.05, 3.63) is 71.8 Å². The van der Waals surface area contributed by atoms with Gasteiger partial charge >= 0.3 is 0 Å². The summed E-state index contributed by atoms with van der Waals surface area (Å²) in [5, 5.41) is 11.5. The van der Waals surface area contributed by atoms with E-state index >= 15 is 0 Å². The Morgan fingerprint density at radius 2 is 1.00 bits per heavy atom. The van der Waals surface area contributed by atoms with Gasteiger partial charge in [0, 0.05) is 19.9 Å². The van der Waals surface area contributed by atoms with Crippen LogP contribution < -0.4 is 21.3 Å². The van der Waals surface area contributed by atoms with Gasteiger partial charge in [-0.3, -0.25) is 24.0 Å². The fourth-order valence-electron chi connectivity index (χ4n) is 5.69. The topological polar surface area (TPSA) is 137 Å². The van der Waals surface area contributed by atoms with Crippen LogP contribution in [0.1, 0.15) is 65.5 Å². The normalized spacial score (nSPS) is 23.8. The number of benzene rings is 2. The fourth-order valence-corrected chi connectivity index (χ4v) is 5.69. The van der Waals surface area contributed by atoms with E-state index in [0.717, 1.165) is 11.1 Å². The molecular formula is C36H51N5O5. The highest BCUT2D eigenvalue weighted by atomic mass is 16.2. The maximum atomic E-state index is 14.3. The lowest BCUT2D eigenvalue weighted by Crippen LogP contribution is -2.59. The van der Waals surface area contributed by atoms with Crippen LogP contribution in [0.3, 0.4) is 0 Å². The van der Waals surface area contributed by atoms with Crippen molar-refractivity contribution < 1.29 is 24.0 Å². The summed E-state index contributed by atoms with van der Waals surface area (Å²) in [6.07, 6.45) is 1.04. The molecule has 1 fully saturated rings. The van der Waals surface area contributed by atoms with Crippen LogP contribution in [0, 0.1) is 17.8 Å². The summed E-state index contributed by atoms with van der Waals surface area (Å²) < 4.78 is 0. The molecule has 2 aromatic carbocycles. The van der Waals surface area contributed by atoms with Gasteiger partial charge < -0.3 is 26.2 Å². The predicted octanol–water partition coefficient (Wildman–Crippen LogP) is 3.00. The SMILES string of the molecule is CC(C)C[C@@H]1NC(=O)[C@H](CC(C)C)NC(=O)[C@H](C(C)C)NC(=O)[C@@H](Cc2ccccc2)N(C)C(=O)[C@H](Cc2ccccc2)NC1=O. The maximum Gasteiger partial charge on any atom is 0.245 e. The Bertz CT molecular complexity index is 1330. The van der Waals surface area contributed by atoms with Gasteiger partial charge in [-0.25, -0.2) is 0 Å². The minimum absolute atomic E-state index is 0.0459. The number of carbonyl (C=O) groups excluding carboxylic acids is 5. The van der Waals surface area contributed by atoms with Crippen LogP contribution in [0.2, 0.25) is 0 Å². The number of amides is 5. The smallest absolute Gasteiger partial charge is 0.245 e. The molecule has 250 valence electrons. The highest BCUT2D eigenvalue weighted by molar-refractivity contribution is 5.98. The van der Waals surface area contributed by atoms with Crippen molar-refractivity contribution in [2.24, 2.45) is 17.8 Å². The van der Waals surface area contributed by atoms with Crippen LogP contribution in [-0.2, 0) is 36.8 Å². The molecule has 0 radical (unpaired) electrons. The number of hydrogen-bond acceptors (Lipinski definition) is 5. The molecule has 5 atom stereocenters. The summed E-state index contributed by atoms with van der Waals surface area (Å²) in [6, 6.07) is 13.8. The van der Waals surface area contributed by atoms with E-state index in [0.29, 0.717) is 12.8 Å². The van der Waals surface area contributed by atoms with Crippen LogP contribution in [0.15, 0.2) is 60.7 Å². The molecule has 0 aliphatic carbocycles. The summed E-state index contributed by atoms with van der Waals surface area (Å²) in [7, 11) is 1.55. The number of rotatable bonds is 9. The van der Waals surface area contributed by atoms with Gasteiger partial charge in [-0.15, -0.1) is 0 Å². The van der Waals surface area contributed by atoms with E-state index in [2.05, 4.69) is 21.3 Å². The molecule has 1 saturated heterocycles. The van der Waals surface area contributed by atoms with Crippen molar-refractivity contribution in [2.45, 2.75) is 97.4 Å². The van der Waals surface area contributed by atoms with Gasteiger partial charge in [-0.05, 0) is 41.7 Å². The molecule has 4 N–H and O–H groups in total. The first-order valence-electron chi connectivity index (χ1n) is 16.3. The van der Waals surface area contributed by atoms with E-state index < -0.39 is 59.7 Å². The fraction of sp³-hybridized carbons (Fsp3) is 0.528. The summed E-state index contributed by atoms with van der Waals surface area (Å²) >= 11 is 0. The Labute approximate surface area is 273 Å². The first-order valence-corrected chi connectivity index (χ1v) is 16.3. The lowest BCUT2D eigenvalue weighted by molar-refractivity contribution is -0.143. The molecular weight excluding hydrogens is 582 g/mol. The van der Waals surface area contributed by atoms with Gasteiger partial charge in [-0.1, -0.05) is 102 Å². The van der Waals surface area contributed by atoms with E-state index in [-0.39, 0.29) is 30.6 Å². The quantitative estimate of drug-likeness (QED) is 0.337. The molecule has 10 heteroatoms. The van der Waals surface area contributed by atoms with E-state index in [1.165, 1.54) is 4.90 Å². The first-order chi connectivity index (χ1) is 21.8. The van der Waals surface area contributed by atoms with Gasteiger partial charge in [0.05, 0.1) is 0 Å². The zero-order valence-electron chi connectivity index (χ0n) is 28.2. The molecule has 1 aliphatic rings. The van der Waals surface area contributed by atoms with Crippen LogP contribution in [0.4, 0.5) is 0 Å². The third-order valence-electron chi connectivity index (χ3n) is 8.21. The van der Waals surface area contributed by atoms with Crippen LogP contribution in [0.25, 0.3) is 0 Å². The van der Waals surface area contributed by atoms with Gasteiger partial charge in [0.2, 0.25) is 29.5 Å². The number of carbonyl (C=O) groups is 5. The lowest BCUT2D eigenvalue weighted by atomic mass is 9.98. The Morgan fingerprint density at radius 1 is 0.565 bits per heavy atom. The second-order valence-electron chi connectivity index (χ2n) is 13.5. The molecule has 0 saturated carbocycles. The van der Waals surface area contributed by atoms with E-state index in [4.69, 9.17) is 0 Å². The van der Waals surface area contributed by atoms with Crippen molar-refractivity contribution in [3.8, 4) is 0 Å². The molecule has 0 bridgehead atoms. The average Bonchev–Trinajstić information content (AvgIpc) is 3.00. The number of likely N-dealkylation sites (N-methyl/N-ethyl adjacent to an activating group) is 1. The maximum absolute atomic E-state index is 14.3. The summed E-state index contributed by atoms with van der Waals surface area (Å²) in [5.41, 5.74) is 1.66. The molecule has 0 unspecified atom stereocenters. The van der Waals surface area contributed by atoms with Crippen molar-refractivity contribution in [2.75, 3.05) is 7.05 Å². The van der Waals surface area contributed by atoms with Crippen molar-refractivity contribution in [1.29, 1.82) is 0 Å². The zero-order valence-corrected chi connectivity index (χ0v) is 28.2. The minimum Gasteiger partial charge on any atom is -0.343 e. The number of nitrogens with one attached hydrogen (secondary N) is 4.